The molecule has 1 fully saturated rings. The van der Waals surface area contributed by atoms with Gasteiger partial charge in [-0.05, 0) is 62.1 Å². The van der Waals surface area contributed by atoms with Crippen molar-refractivity contribution in [3.8, 4) is 5.75 Å². The summed E-state index contributed by atoms with van der Waals surface area (Å²) in [5, 5.41) is 5.70. The first-order valence-electron chi connectivity index (χ1n) is 9.87. The Morgan fingerprint density at radius 3 is 2.42 bits per heavy atom. The third kappa shape index (κ3) is 5.66. The predicted octanol–water partition coefficient (Wildman–Crippen LogP) is 7.07. The smallest absolute Gasteiger partial charge is 0.421 e. The molecular formula is C22H20BrF3N4O. The molecule has 4 rings (SSSR count). The number of halogens is 4. The predicted molar refractivity (Wildman–Crippen MR) is 117 cm³/mol. The van der Waals surface area contributed by atoms with Crippen molar-refractivity contribution in [2.45, 2.75) is 38.0 Å². The van der Waals surface area contributed by atoms with Gasteiger partial charge < -0.3 is 15.4 Å². The van der Waals surface area contributed by atoms with Crippen LogP contribution < -0.4 is 15.4 Å². The third-order valence-corrected chi connectivity index (χ3v) is 5.42. The molecule has 1 aliphatic carbocycles. The van der Waals surface area contributed by atoms with Crippen molar-refractivity contribution >= 4 is 39.1 Å². The van der Waals surface area contributed by atoms with Gasteiger partial charge in [0.15, 0.2) is 0 Å². The van der Waals surface area contributed by atoms with E-state index in [2.05, 4.69) is 36.5 Å². The van der Waals surface area contributed by atoms with Crippen LogP contribution in [0.25, 0.3) is 0 Å². The van der Waals surface area contributed by atoms with Crippen molar-refractivity contribution in [3.63, 3.8) is 0 Å². The van der Waals surface area contributed by atoms with Gasteiger partial charge in [0.1, 0.15) is 17.1 Å². The highest BCUT2D eigenvalue weighted by atomic mass is 79.9. The number of hydrogen-bond donors (Lipinski definition) is 2. The summed E-state index contributed by atoms with van der Waals surface area (Å²) in [5.41, 5.74) is 0.158. The molecule has 0 saturated heterocycles. The van der Waals surface area contributed by atoms with Crippen molar-refractivity contribution in [2.75, 3.05) is 10.6 Å². The topological polar surface area (TPSA) is 59.1 Å². The summed E-state index contributed by atoms with van der Waals surface area (Å²) in [7, 11) is 0. The summed E-state index contributed by atoms with van der Waals surface area (Å²) in [6, 6.07) is 14.0. The van der Waals surface area contributed by atoms with E-state index in [1.54, 1.807) is 48.5 Å². The first-order valence-corrected chi connectivity index (χ1v) is 10.7. The lowest BCUT2D eigenvalue weighted by Crippen LogP contribution is -2.13. The first kappa shape index (κ1) is 21.4. The number of alkyl halides is 3. The maximum Gasteiger partial charge on any atom is 0.421 e. The molecule has 0 bridgehead atoms. The second-order valence-electron chi connectivity index (χ2n) is 7.26. The van der Waals surface area contributed by atoms with Crippen LogP contribution in [-0.2, 0) is 6.18 Å². The summed E-state index contributed by atoms with van der Waals surface area (Å²) < 4.78 is 47.4. The lowest BCUT2D eigenvalue weighted by molar-refractivity contribution is -0.137. The van der Waals surface area contributed by atoms with Crippen molar-refractivity contribution in [1.82, 2.24) is 9.97 Å². The lowest BCUT2D eigenvalue weighted by Gasteiger charge is -2.16. The van der Waals surface area contributed by atoms with E-state index in [-0.39, 0.29) is 17.9 Å². The number of hydrogen-bond acceptors (Lipinski definition) is 5. The van der Waals surface area contributed by atoms with Gasteiger partial charge in [-0.3, -0.25) is 0 Å². The van der Waals surface area contributed by atoms with Gasteiger partial charge in [-0.15, -0.1) is 0 Å². The van der Waals surface area contributed by atoms with Gasteiger partial charge in [0.05, 0.1) is 6.10 Å². The Balaban J connectivity index is 1.58. The van der Waals surface area contributed by atoms with Crippen molar-refractivity contribution in [2.24, 2.45) is 0 Å². The standard InChI is InChI=1S/C22H20BrF3N4O/c23-14-8-10-15(11-9-14)29-21-27-13-19(22(24,25)26)20(30-21)28-16-4-3-7-18(12-16)31-17-5-1-2-6-17/h3-4,7-13,17H,1-2,5-6H2,(H2,27,28,29,30). The van der Waals surface area contributed by atoms with Gasteiger partial charge in [-0.2, -0.15) is 18.2 Å². The fourth-order valence-electron chi connectivity index (χ4n) is 3.39. The fourth-order valence-corrected chi connectivity index (χ4v) is 3.65. The molecule has 1 aromatic heterocycles. The van der Waals surface area contributed by atoms with Gasteiger partial charge in [-0.25, -0.2) is 4.98 Å². The van der Waals surface area contributed by atoms with E-state index >= 15 is 0 Å². The SMILES string of the molecule is FC(F)(F)c1cnc(Nc2ccc(Br)cc2)nc1Nc1cccc(OC2CCCC2)c1. The third-order valence-electron chi connectivity index (χ3n) is 4.90. The molecule has 31 heavy (non-hydrogen) atoms. The van der Waals surface area contributed by atoms with Crippen molar-refractivity contribution in [3.05, 3.63) is 64.8 Å². The molecule has 2 N–H and O–H groups in total. The Bertz CT molecular complexity index is 1040. The number of rotatable bonds is 6. The Hall–Kier alpha value is -2.81. The molecule has 162 valence electrons. The van der Waals surface area contributed by atoms with Crippen LogP contribution in [0.2, 0.25) is 0 Å². The zero-order valence-corrected chi connectivity index (χ0v) is 18.0. The molecule has 0 aliphatic heterocycles. The number of anilines is 4. The maximum absolute atomic E-state index is 13.5. The normalized spacial score (nSPS) is 14.5. The number of aromatic nitrogens is 2. The summed E-state index contributed by atoms with van der Waals surface area (Å²) in [6.07, 6.45) is 0.576. The summed E-state index contributed by atoms with van der Waals surface area (Å²) in [6.45, 7) is 0. The van der Waals surface area contributed by atoms with Crippen LogP contribution in [0.4, 0.5) is 36.3 Å². The van der Waals surface area contributed by atoms with Crippen LogP contribution in [0.1, 0.15) is 31.2 Å². The minimum absolute atomic E-state index is 0.0520. The molecule has 1 saturated carbocycles. The quantitative estimate of drug-likeness (QED) is 0.385. The van der Waals surface area contributed by atoms with E-state index in [0.29, 0.717) is 17.1 Å². The molecule has 9 heteroatoms. The second-order valence-corrected chi connectivity index (χ2v) is 8.18. The number of nitrogens with one attached hydrogen (secondary N) is 2. The molecular weight excluding hydrogens is 473 g/mol. The lowest BCUT2D eigenvalue weighted by atomic mass is 10.2. The number of nitrogens with zero attached hydrogens (tertiary/aromatic N) is 2. The highest BCUT2D eigenvalue weighted by Gasteiger charge is 2.35. The largest absolute Gasteiger partial charge is 0.490 e. The number of ether oxygens (including phenoxy) is 1. The van der Waals surface area contributed by atoms with Gasteiger partial charge in [0.2, 0.25) is 5.95 Å². The van der Waals surface area contributed by atoms with Crippen LogP contribution in [0.15, 0.2) is 59.2 Å². The van der Waals surface area contributed by atoms with Crippen LogP contribution in [0.5, 0.6) is 5.75 Å². The summed E-state index contributed by atoms with van der Waals surface area (Å²) >= 11 is 3.34. The Labute approximate surface area is 186 Å². The monoisotopic (exact) mass is 492 g/mol. The molecule has 0 atom stereocenters. The van der Waals surface area contributed by atoms with E-state index < -0.39 is 11.7 Å². The van der Waals surface area contributed by atoms with E-state index in [9.17, 15) is 13.2 Å². The molecule has 0 spiro atoms. The first-order chi connectivity index (χ1) is 14.9. The van der Waals surface area contributed by atoms with E-state index in [0.717, 1.165) is 36.4 Å². The molecule has 1 heterocycles. The molecule has 5 nitrogen and oxygen atoms in total. The van der Waals surface area contributed by atoms with Gasteiger partial charge in [0.25, 0.3) is 0 Å². The molecule has 0 radical (unpaired) electrons. The van der Waals surface area contributed by atoms with Crippen LogP contribution in [0.3, 0.4) is 0 Å². The minimum atomic E-state index is -4.60. The zero-order valence-electron chi connectivity index (χ0n) is 16.4. The number of benzene rings is 2. The maximum atomic E-state index is 13.5. The average Bonchev–Trinajstić information content (AvgIpc) is 3.22. The Morgan fingerprint density at radius 1 is 0.968 bits per heavy atom. The average molecular weight is 493 g/mol. The molecule has 3 aromatic rings. The fraction of sp³-hybridized carbons (Fsp3) is 0.273. The van der Waals surface area contributed by atoms with Gasteiger partial charge in [0, 0.05) is 28.1 Å². The van der Waals surface area contributed by atoms with E-state index in [1.807, 2.05) is 0 Å². The van der Waals surface area contributed by atoms with E-state index in [1.165, 1.54) is 0 Å². The van der Waals surface area contributed by atoms with Crippen LogP contribution in [-0.4, -0.2) is 16.1 Å². The molecule has 1 aliphatic rings. The highest BCUT2D eigenvalue weighted by molar-refractivity contribution is 9.10. The van der Waals surface area contributed by atoms with E-state index in [4.69, 9.17) is 4.74 Å². The van der Waals surface area contributed by atoms with Gasteiger partial charge >= 0.3 is 6.18 Å². The second kappa shape index (κ2) is 9.13. The Morgan fingerprint density at radius 2 is 1.71 bits per heavy atom. The summed E-state index contributed by atoms with van der Waals surface area (Å²) in [5.74, 6) is 0.337. The van der Waals surface area contributed by atoms with Crippen molar-refractivity contribution in [1.29, 1.82) is 0 Å². The Kier molecular flexibility index (Phi) is 6.31. The molecule has 0 amide bonds. The van der Waals surface area contributed by atoms with Crippen molar-refractivity contribution < 1.29 is 17.9 Å². The highest BCUT2D eigenvalue weighted by Crippen LogP contribution is 2.36. The summed E-state index contributed by atoms with van der Waals surface area (Å²) in [4.78, 5) is 7.91. The molecule has 0 unspecified atom stereocenters. The zero-order chi connectivity index (χ0) is 21.8. The van der Waals surface area contributed by atoms with Gasteiger partial charge in [-0.1, -0.05) is 22.0 Å². The van der Waals surface area contributed by atoms with Crippen LogP contribution in [0, 0.1) is 0 Å². The minimum Gasteiger partial charge on any atom is -0.490 e. The molecule has 2 aromatic carbocycles. The van der Waals surface area contributed by atoms with Crippen LogP contribution >= 0.6 is 15.9 Å².